The highest BCUT2D eigenvalue weighted by molar-refractivity contribution is 5.87. The van der Waals surface area contributed by atoms with Gasteiger partial charge in [-0.05, 0) is 54.4 Å². The van der Waals surface area contributed by atoms with Crippen molar-refractivity contribution in [3.05, 3.63) is 58.0 Å². The summed E-state index contributed by atoms with van der Waals surface area (Å²) in [6.45, 7) is 12.1. The molecule has 0 saturated carbocycles. The van der Waals surface area contributed by atoms with Gasteiger partial charge in [-0.3, -0.25) is 4.79 Å². The molecule has 1 heterocycles. The van der Waals surface area contributed by atoms with Crippen LogP contribution < -0.4 is 5.43 Å². The van der Waals surface area contributed by atoms with Gasteiger partial charge in [0, 0.05) is 24.3 Å². The predicted octanol–water partition coefficient (Wildman–Crippen LogP) is 9.99. The summed E-state index contributed by atoms with van der Waals surface area (Å²) in [5.74, 6) is 2.17. The summed E-state index contributed by atoms with van der Waals surface area (Å²) in [6.07, 6.45) is 12.5. The lowest BCUT2D eigenvalue weighted by Gasteiger charge is -2.16. The number of hydrogen-bond acceptors (Lipinski definition) is 5. The Labute approximate surface area is 251 Å². The van der Waals surface area contributed by atoms with Crippen LogP contribution in [0, 0.1) is 29.5 Å². The van der Waals surface area contributed by atoms with Crippen LogP contribution in [-0.2, 0) is 11.3 Å². The van der Waals surface area contributed by atoms with E-state index in [2.05, 4.69) is 34.6 Å². The minimum absolute atomic E-state index is 0.00491. The number of rotatable bonds is 18. The van der Waals surface area contributed by atoms with Gasteiger partial charge in [0.2, 0.25) is 5.43 Å². The monoisotopic (exact) mass is 582 g/mol. The van der Waals surface area contributed by atoms with Gasteiger partial charge in [-0.25, -0.2) is 4.39 Å². The molecule has 6 heteroatoms. The summed E-state index contributed by atoms with van der Waals surface area (Å²) in [4.78, 5) is 13.4. The van der Waals surface area contributed by atoms with Crippen LogP contribution in [0.2, 0.25) is 0 Å². The molecule has 0 aliphatic carbocycles. The lowest BCUT2D eigenvalue weighted by atomic mass is 9.91. The van der Waals surface area contributed by atoms with Gasteiger partial charge in [0.1, 0.15) is 34.0 Å². The zero-order chi connectivity index (χ0) is 30.6. The second kappa shape index (κ2) is 16.7. The van der Waals surface area contributed by atoms with Gasteiger partial charge < -0.3 is 19.4 Å². The maximum atomic E-state index is 13.6. The topological polar surface area (TPSA) is 79.9 Å². The van der Waals surface area contributed by atoms with Crippen LogP contribution in [0.4, 0.5) is 4.39 Å². The van der Waals surface area contributed by atoms with Crippen molar-refractivity contribution in [2.75, 3.05) is 6.61 Å². The van der Waals surface area contributed by atoms with E-state index in [1.165, 1.54) is 81.7 Å². The van der Waals surface area contributed by atoms with Gasteiger partial charge in [-0.2, -0.15) is 0 Å². The highest BCUT2D eigenvalue weighted by Gasteiger charge is 2.20. The fourth-order valence-electron chi connectivity index (χ4n) is 5.68. The molecule has 42 heavy (non-hydrogen) atoms. The molecule has 0 aliphatic rings. The van der Waals surface area contributed by atoms with Crippen LogP contribution in [0.25, 0.3) is 22.3 Å². The van der Waals surface area contributed by atoms with E-state index in [9.17, 15) is 19.4 Å². The number of phenols is 2. The molecular weight excluding hydrogens is 531 g/mol. The van der Waals surface area contributed by atoms with Crippen LogP contribution in [0.5, 0.6) is 11.5 Å². The number of hydrogen-bond donors (Lipinski definition) is 2. The van der Waals surface area contributed by atoms with Crippen LogP contribution in [-0.4, -0.2) is 16.8 Å². The molecule has 0 fully saturated rings. The first-order valence-electron chi connectivity index (χ1n) is 15.9. The van der Waals surface area contributed by atoms with Crippen molar-refractivity contribution in [1.82, 2.24) is 0 Å². The van der Waals surface area contributed by atoms with E-state index in [1.807, 2.05) is 0 Å². The van der Waals surface area contributed by atoms with Crippen molar-refractivity contribution < 1.29 is 23.8 Å². The molecule has 3 atom stereocenters. The largest absolute Gasteiger partial charge is 0.508 e. The lowest BCUT2D eigenvalue weighted by Crippen LogP contribution is -2.14. The maximum Gasteiger partial charge on any atom is 0.202 e. The molecule has 2 N–H and O–H groups in total. The van der Waals surface area contributed by atoms with Crippen molar-refractivity contribution in [1.29, 1.82) is 0 Å². The van der Waals surface area contributed by atoms with Gasteiger partial charge in [-0.1, -0.05) is 92.4 Å². The van der Waals surface area contributed by atoms with Crippen molar-refractivity contribution >= 4 is 11.0 Å². The predicted molar refractivity (Wildman–Crippen MR) is 169 cm³/mol. The quantitative estimate of drug-likeness (QED) is 0.146. The van der Waals surface area contributed by atoms with E-state index in [-0.39, 0.29) is 40.4 Å². The summed E-state index contributed by atoms with van der Waals surface area (Å²) in [6, 6.07) is 8.04. The first kappa shape index (κ1) is 33.6. The highest BCUT2D eigenvalue weighted by atomic mass is 19.1. The normalized spacial score (nSPS) is 14.0. The number of halogens is 1. The van der Waals surface area contributed by atoms with Crippen molar-refractivity contribution in [3.8, 4) is 22.8 Å². The number of fused-ring (bicyclic) bond motifs is 1. The molecule has 0 bridgehead atoms. The third kappa shape index (κ3) is 10.4. The van der Waals surface area contributed by atoms with Gasteiger partial charge in [0.25, 0.3) is 0 Å². The Morgan fingerprint density at radius 1 is 0.786 bits per heavy atom. The molecule has 232 valence electrons. The fourth-order valence-corrected chi connectivity index (χ4v) is 5.68. The average Bonchev–Trinajstić information content (AvgIpc) is 2.91. The van der Waals surface area contributed by atoms with Crippen LogP contribution in [0.1, 0.15) is 104 Å². The third-order valence-electron chi connectivity index (χ3n) is 8.43. The zero-order valence-electron chi connectivity index (χ0n) is 26.3. The standard InChI is InChI=1S/C36H51FO5/c1-24(2)9-6-10-25(3)11-7-12-26(4)13-8-14-27(5)19-20-41-23-31-35(40)34-32(39)21-30(38)22-33(34)42-36(31)28-15-17-29(37)18-16-28/h15-18,21-22,24-27,38-39H,6-14,19-20,23H2,1-5H3. The third-order valence-corrected chi connectivity index (χ3v) is 8.43. The molecule has 0 radical (unpaired) electrons. The van der Waals surface area contributed by atoms with Gasteiger partial charge in [0.05, 0.1) is 12.2 Å². The molecule has 3 unspecified atom stereocenters. The smallest absolute Gasteiger partial charge is 0.202 e. The summed E-state index contributed by atoms with van der Waals surface area (Å²) in [5.41, 5.74) is 0.394. The molecule has 5 nitrogen and oxygen atoms in total. The van der Waals surface area contributed by atoms with E-state index in [0.717, 1.165) is 36.7 Å². The molecular formula is C36H51FO5. The van der Waals surface area contributed by atoms with E-state index < -0.39 is 11.2 Å². The zero-order valence-corrected chi connectivity index (χ0v) is 26.3. The van der Waals surface area contributed by atoms with Crippen molar-refractivity contribution in [2.45, 2.75) is 105 Å². The van der Waals surface area contributed by atoms with Crippen LogP contribution in [0.15, 0.2) is 45.6 Å². The molecule has 3 rings (SSSR count). The molecule has 1 aromatic heterocycles. The summed E-state index contributed by atoms with van der Waals surface area (Å²) in [5, 5.41) is 20.2. The molecule has 0 saturated heterocycles. The Bertz CT molecular complexity index is 1300. The Morgan fingerprint density at radius 3 is 1.90 bits per heavy atom. The number of benzene rings is 2. The average molecular weight is 583 g/mol. The molecule has 0 amide bonds. The SMILES string of the molecule is CC(C)CCCC(C)CCCC(C)CCCC(C)CCOCc1c(-c2ccc(F)cc2)oc2cc(O)cc(O)c2c1=O. The van der Waals surface area contributed by atoms with Gasteiger partial charge in [0.15, 0.2) is 0 Å². The summed E-state index contributed by atoms with van der Waals surface area (Å²) < 4.78 is 25.5. The second-order valence-electron chi connectivity index (χ2n) is 12.9. The Hall–Kier alpha value is -2.86. The number of ether oxygens (including phenoxy) is 1. The first-order chi connectivity index (χ1) is 20.0. The minimum atomic E-state index is -0.430. The van der Waals surface area contributed by atoms with Crippen molar-refractivity contribution in [3.63, 3.8) is 0 Å². The fraction of sp³-hybridized carbons (Fsp3) is 0.583. The van der Waals surface area contributed by atoms with Crippen LogP contribution >= 0.6 is 0 Å². The second-order valence-corrected chi connectivity index (χ2v) is 12.9. The van der Waals surface area contributed by atoms with Crippen molar-refractivity contribution in [2.24, 2.45) is 23.7 Å². The summed E-state index contributed by atoms with van der Waals surface area (Å²) >= 11 is 0. The Kier molecular flexibility index (Phi) is 13.4. The highest BCUT2D eigenvalue weighted by Crippen LogP contribution is 2.33. The van der Waals surface area contributed by atoms with E-state index in [0.29, 0.717) is 18.1 Å². The van der Waals surface area contributed by atoms with Crippen LogP contribution in [0.3, 0.4) is 0 Å². The van der Waals surface area contributed by atoms with E-state index in [1.54, 1.807) is 0 Å². The van der Waals surface area contributed by atoms with Gasteiger partial charge >= 0.3 is 0 Å². The molecule has 0 spiro atoms. The Morgan fingerprint density at radius 2 is 1.33 bits per heavy atom. The summed E-state index contributed by atoms with van der Waals surface area (Å²) in [7, 11) is 0. The first-order valence-corrected chi connectivity index (χ1v) is 15.9. The number of phenolic OH excluding ortho intramolecular Hbond substituents is 2. The molecule has 0 aliphatic heterocycles. The molecule has 3 aromatic rings. The minimum Gasteiger partial charge on any atom is -0.508 e. The van der Waals surface area contributed by atoms with E-state index >= 15 is 0 Å². The lowest BCUT2D eigenvalue weighted by molar-refractivity contribution is 0.106. The maximum absolute atomic E-state index is 13.6. The van der Waals surface area contributed by atoms with Gasteiger partial charge in [-0.15, -0.1) is 0 Å². The van der Waals surface area contributed by atoms with E-state index in [4.69, 9.17) is 9.15 Å². The number of aromatic hydroxyl groups is 2. The molecule has 2 aromatic carbocycles. The Balaban J connectivity index is 1.46.